The molecule has 238 valence electrons. The number of nitrogens with zero attached hydrogens (tertiary/aromatic N) is 2. The third-order valence-electron chi connectivity index (χ3n) is 7.07. The van der Waals surface area contributed by atoms with Crippen LogP contribution in [0.3, 0.4) is 0 Å². The molecule has 0 aliphatic carbocycles. The van der Waals surface area contributed by atoms with Crippen molar-refractivity contribution < 1.29 is 32.2 Å². The van der Waals surface area contributed by atoms with Crippen LogP contribution < -0.4 is 23.8 Å². The van der Waals surface area contributed by atoms with E-state index in [0.717, 1.165) is 22.7 Å². The van der Waals surface area contributed by atoms with E-state index in [9.17, 15) is 18.0 Å². The predicted molar refractivity (Wildman–Crippen MR) is 171 cm³/mol. The van der Waals surface area contributed by atoms with E-state index < -0.39 is 28.5 Å². The summed E-state index contributed by atoms with van der Waals surface area (Å²) in [6, 6.07) is 19.3. The quantitative estimate of drug-likeness (QED) is 0.210. The van der Waals surface area contributed by atoms with Crippen LogP contribution in [0.15, 0.2) is 77.7 Å². The van der Waals surface area contributed by atoms with Crippen LogP contribution in [0.5, 0.6) is 17.2 Å². The molecule has 3 aromatic carbocycles. The molecule has 0 saturated carbocycles. The number of hydrogen-bond donors (Lipinski definition) is 1. The third kappa shape index (κ3) is 8.66. The fourth-order valence-electron chi connectivity index (χ4n) is 4.71. The lowest BCUT2D eigenvalue weighted by Crippen LogP contribution is -2.52. The van der Waals surface area contributed by atoms with Gasteiger partial charge in [0.15, 0.2) is 11.5 Å². The molecule has 10 nitrogen and oxygen atoms in total. The zero-order valence-electron chi connectivity index (χ0n) is 26.1. The predicted octanol–water partition coefficient (Wildman–Crippen LogP) is 5.02. The van der Waals surface area contributed by atoms with E-state index in [-0.39, 0.29) is 28.8 Å². The van der Waals surface area contributed by atoms with Crippen molar-refractivity contribution in [3.63, 3.8) is 0 Å². The second-order valence-electron chi connectivity index (χ2n) is 10.0. The average Bonchev–Trinajstić information content (AvgIpc) is 3.04. The lowest BCUT2D eigenvalue weighted by Gasteiger charge is -2.33. The van der Waals surface area contributed by atoms with E-state index in [0.29, 0.717) is 31.1 Å². The minimum Gasteiger partial charge on any atom is -0.494 e. The number of methoxy groups -OCH3 is 2. The van der Waals surface area contributed by atoms with Crippen molar-refractivity contribution in [2.75, 3.05) is 38.2 Å². The van der Waals surface area contributed by atoms with Crippen molar-refractivity contribution in [3.8, 4) is 17.2 Å². The van der Waals surface area contributed by atoms with Gasteiger partial charge in [0, 0.05) is 19.2 Å². The van der Waals surface area contributed by atoms with Crippen molar-refractivity contribution in [3.05, 3.63) is 78.4 Å². The minimum atomic E-state index is -4.30. The van der Waals surface area contributed by atoms with Gasteiger partial charge in [0.05, 0.1) is 31.4 Å². The summed E-state index contributed by atoms with van der Waals surface area (Å²) in [5.41, 5.74) is 1.08. The summed E-state index contributed by atoms with van der Waals surface area (Å²) in [5.74, 6) is 0.354. The summed E-state index contributed by atoms with van der Waals surface area (Å²) in [4.78, 5) is 28.9. The summed E-state index contributed by atoms with van der Waals surface area (Å²) in [5, 5.41) is 2.93. The molecule has 0 aliphatic heterocycles. The zero-order valence-corrected chi connectivity index (χ0v) is 26.9. The lowest BCUT2D eigenvalue weighted by molar-refractivity contribution is -0.140. The molecule has 1 atom stereocenters. The molecule has 0 radical (unpaired) electrons. The van der Waals surface area contributed by atoms with E-state index in [2.05, 4.69) is 5.32 Å². The standard InChI is InChI=1S/C33H43N3O7S/c1-6-9-21-34-33(38)29(7-2)35(23-25-13-11-10-12-14-25)32(37)24-36(26-15-17-27(18-16-26)43-8-3)44(39,40)28-19-20-30(41-4)31(22-28)42-5/h10-20,22,29H,6-9,21,23-24H2,1-5H3,(H,34,38)/t29-/m1/s1. The van der Waals surface area contributed by atoms with E-state index in [4.69, 9.17) is 14.2 Å². The normalized spacial score (nSPS) is 11.8. The molecule has 3 aromatic rings. The Morgan fingerprint density at radius 2 is 1.57 bits per heavy atom. The lowest BCUT2D eigenvalue weighted by atomic mass is 10.1. The van der Waals surface area contributed by atoms with E-state index >= 15 is 0 Å². The van der Waals surface area contributed by atoms with Gasteiger partial charge in [-0.25, -0.2) is 8.42 Å². The molecule has 0 heterocycles. The molecule has 11 heteroatoms. The van der Waals surface area contributed by atoms with Crippen LogP contribution in [0.1, 0.15) is 45.6 Å². The molecular formula is C33H43N3O7S. The van der Waals surface area contributed by atoms with Crippen LogP contribution in [0.4, 0.5) is 5.69 Å². The number of carbonyl (C=O) groups excluding carboxylic acids is 2. The van der Waals surface area contributed by atoms with Crippen LogP contribution in [0, 0.1) is 0 Å². The Bertz CT molecular complexity index is 1460. The highest BCUT2D eigenvalue weighted by Crippen LogP contribution is 2.33. The van der Waals surface area contributed by atoms with Gasteiger partial charge in [-0.3, -0.25) is 13.9 Å². The number of unbranched alkanes of at least 4 members (excludes halogenated alkanes) is 1. The van der Waals surface area contributed by atoms with Crippen LogP contribution in [-0.2, 0) is 26.2 Å². The van der Waals surface area contributed by atoms with Gasteiger partial charge in [0.1, 0.15) is 18.3 Å². The highest BCUT2D eigenvalue weighted by molar-refractivity contribution is 7.92. The molecule has 0 spiro atoms. The van der Waals surface area contributed by atoms with Crippen LogP contribution in [0.2, 0.25) is 0 Å². The molecular weight excluding hydrogens is 582 g/mol. The maximum absolute atomic E-state index is 14.2. The summed E-state index contributed by atoms with van der Waals surface area (Å²) in [7, 11) is -1.42. The largest absolute Gasteiger partial charge is 0.494 e. The Morgan fingerprint density at radius 3 is 2.16 bits per heavy atom. The highest BCUT2D eigenvalue weighted by Gasteiger charge is 2.34. The van der Waals surface area contributed by atoms with Crippen molar-refractivity contribution in [1.82, 2.24) is 10.2 Å². The SMILES string of the molecule is CCCCNC(=O)[C@@H](CC)N(Cc1ccccc1)C(=O)CN(c1ccc(OCC)cc1)S(=O)(=O)c1ccc(OC)c(OC)c1. The number of sulfonamides is 1. The maximum atomic E-state index is 14.2. The summed E-state index contributed by atoms with van der Waals surface area (Å²) in [6.07, 6.45) is 2.07. The average molecular weight is 626 g/mol. The molecule has 3 rings (SSSR count). The number of carbonyl (C=O) groups is 2. The summed E-state index contributed by atoms with van der Waals surface area (Å²) in [6.45, 7) is 6.24. The van der Waals surface area contributed by atoms with E-state index in [1.54, 1.807) is 24.3 Å². The van der Waals surface area contributed by atoms with Gasteiger partial charge in [-0.2, -0.15) is 0 Å². The molecule has 0 saturated heterocycles. The summed E-state index contributed by atoms with van der Waals surface area (Å²) >= 11 is 0. The Balaban J connectivity index is 2.07. The molecule has 0 fully saturated rings. The van der Waals surface area contributed by atoms with Gasteiger partial charge < -0.3 is 24.4 Å². The second-order valence-corrected chi connectivity index (χ2v) is 11.9. The summed E-state index contributed by atoms with van der Waals surface area (Å²) < 4.78 is 45.7. The number of anilines is 1. The van der Waals surface area contributed by atoms with Gasteiger partial charge in [0.25, 0.3) is 10.0 Å². The van der Waals surface area contributed by atoms with Gasteiger partial charge in [-0.05, 0) is 61.7 Å². The molecule has 0 aromatic heterocycles. The molecule has 0 aliphatic rings. The number of benzene rings is 3. The van der Waals surface area contributed by atoms with Crippen LogP contribution >= 0.6 is 0 Å². The van der Waals surface area contributed by atoms with Gasteiger partial charge in [-0.15, -0.1) is 0 Å². The number of ether oxygens (including phenoxy) is 3. The fourth-order valence-corrected chi connectivity index (χ4v) is 6.14. The Hall–Kier alpha value is -4.25. The van der Waals surface area contributed by atoms with Gasteiger partial charge in [0.2, 0.25) is 11.8 Å². The first kappa shape index (κ1) is 34.2. The first-order valence-corrected chi connectivity index (χ1v) is 16.2. The third-order valence-corrected chi connectivity index (χ3v) is 8.84. The second kappa shape index (κ2) is 16.6. The van der Waals surface area contributed by atoms with Gasteiger partial charge in [-0.1, -0.05) is 50.6 Å². The van der Waals surface area contributed by atoms with Crippen molar-refractivity contribution in [2.24, 2.45) is 0 Å². The minimum absolute atomic E-state index is 0.0872. The topological polar surface area (TPSA) is 114 Å². The zero-order chi connectivity index (χ0) is 32.1. The Labute approximate surface area is 261 Å². The van der Waals surface area contributed by atoms with Crippen molar-refractivity contribution in [1.29, 1.82) is 0 Å². The molecule has 44 heavy (non-hydrogen) atoms. The number of nitrogens with one attached hydrogen (secondary N) is 1. The fraction of sp³-hybridized carbons (Fsp3) is 0.394. The number of rotatable bonds is 17. The number of hydrogen-bond acceptors (Lipinski definition) is 7. The highest BCUT2D eigenvalue weighted by atomic mass is 32.2. The van der Waals surface area contributed by atoms with E-state index in [1.165, 1.54) is 37.3 Å². The van der Waals surface area contributed by atoms with Crippen molar-refractivity contribution >= 4 is 27.5 Å². The monoisotopic (exact) mass is 625 g/mol. The first-order valence-electron chi connectivity index (χ1n) is 14.8. The maximum Gasteiger partial charge on any atom is 0.264 e. The Kier molecular flexibility index (Phi) is 12.9. The smallest absolute Gasteiger partial charge is 0.264 e. The number of amides is 2. The molecule has 0 bridgehead atoms. The van der Waals surface area contributed by atoms with Crippen LogP contribution in [-0.4, -0.2) is 65.1 Å². The van der Waals surface area contributed by atoms with Gasteiger partial charge >= 0.3 is 0 Å². The van der Waals surface area contributed by atoms with Crippen LogP contribution in [0.25, 0.3) is 0 Å². The Morgan fingerprint density at radius 1 is 0.886 bits per heavy atom. The van der Waals surface area contributed by atoms with Crippen molar-refractivity contribution in [2.45, 2.75) is 57.5 Å². The molecule has 1 N–H and O–H groups in total. The molecule has 2 amide bonds. The van der Waals surface area contributed by atoms with E-state index in [1.807, 2.05) is 51.1 Å². The first-order chi connectivity index (χ1) is 21.2. The molecule has 0 unspecified atom stereocenters.